The van der Waals surface area contributed by atoms with E-state index in [-0.39, 0.29) is 24.8 Å². The topological polar surface area (TPSA) is 58.2 Å². The van der Waals surface area contributed by atoms with Gasteiger partial charge in [-0.1, -0.05) is 12.2 Å². The Kier molecular flexibility index (Phi) is 6.23. The predicted octanol–water partition coefficient (Wildman–Crippen LogP) is -0.0191. The van der Waals surface area contributed by atoms with Crippen LogP contribution >= 0.6 is 0 Å². The van der Waals surface area contributed by atoms with Crippen LogP contribution in [0.2, 0.25) is 0 Å². The Labute approximate surface area is 77.7 Å². The maximum absolute atomic E-state index is 10.9. The minimum absolute atomic E-state index is 0.000509. The van der Waals surface area contributed by atoms with Gasteiger partial charge in [-0.25, -0.2) is 0 Å². The molecule has 0 aromatic heterocycles. The van der Waals surface area contributed by atoms with Crippen molar-refractivity contribution in [3.63, 3.8) is 0 Å². The predicted molar refractivity (Wildman–Crippen MR) is 51.0 cm³/mol. The van der Waals surface area contributed by atoms with Crippen LogP contribution in [0.5, 0.6) is 0 Å². The van der Waals surface area contributed by atoms with Crippen molar-refractivity contribution < 1.29 is 9.59 Å². The van der Waals surface area contributed by atoms with Gasteiger partial charge in [0.05, 0.1) is 6.54 Å². The zero-order valence-electron chi connectivity index (χ0n) is 7.51. The van der Waals surface area contributed by atoms with Gasteiger partial charge in [-0.3, -0.25) is 9.59 Å². The molecule has 0 spiro atoms. The van der Waals surface area contributed by atoms with E-state index < -0.39 is 0 Å². The molecule has 0 aliphatic carbocycles. The third-order valence-electron chi connectivity index (χ3n) is 1.22. The molecule has 0 bridgehead atoms. The first kappa shape index (κ1) is 11.4. The minimum atomic E-state index is -0.225. The molecule has 0 aromatic rings. The monoisotopic (exact) mass is 182 g/mol. The van der Waals surface area contributed by atoms with Crippen molar-refractivity contribution in [2.45, 2.75) is 6.42 Å². The average Bonchev–Trinajstić information content (AvgIpc) is 2.12. The number of hydrogen-bond donors (Lipinski definition) is 2. The van der Waals surface area contributed by atoms with Crippen molar-refractivity contribution in [1.29, 1.82) is 0 Å². The van der Waals surface area contributed by atoms with Gasteiger partial charge in [0.2, 0.25) is 11.8 Å². The minimum Gasteiger partial charge on any atom is -0.351 e. The standard InChI is InChI=1S/C9H14N2O2/c1-3-5-8(12)11-7-9(13)10-6-4-2/h3-4H,1-2,5-7H2,(H,10,13)(H,11,12). The highest BCUT2D eigenvalue weighted by Gasteiger charge is 2.01. The van der Waals surface area contributed by atoms with E-state index in [9.17, 15) is 9.59 Å². The van der Waals surface area contributed by atoms with Crippen LogP contribution < -0.4 is 10.6 Å². The smallest absolute Gasteiger partial charge is 0.239 e. The van der Waals surface area contributed by atoms with Crippen LogP contribution in [0.15, 0.2) is 25.3 Å². The van der Waals surface area contributed by atoms with Gasteiger partial charge in [0.1, 0.15) is 0 Å². The van der Waals surface area contributed by atoms with Crippen molar-refractivity contribution in [2.75, 3.05) is 13.1 Å². The van der Waals surface area contributed by atoms with Gasteiger partial charge in [0.25, 0.3) is 0 Å². The summed E-state index contributed by atoms with van der Waals surface area (Å²) in [4.78, 5) is 21.7. The third kappa shape index (κ3) is 6.80. The lowest BCUT2D eigenvalue weighted by Gasteiger charge is -2.03. The van der Waals surface area contributed by atoms with Crippen molar-refractivity contribution in [3.05, 3.63) is 25.3 Å². The van der Waals surface area contributed by atoms with E-state index in [1.807, 2.05) is 0 Å². The fourth-order valence-electron chi connectivity index (χ4n) is 0.631. The summed E-state index contributed by atoms with van der Waals surface area (Å²) in [5.41, 5.74) is 0. The molecule has 13 heavy (non-hydrogen) atoms. The molecule has 0 rings (SSSR count). The Morgan fingerprint density at radius 3 is 2.31 bits per heavy atom. The lowest BCUT2D eigenvalue weighted by molar-refractivity contribution is -0.125. The maximum atomic E-state index is 10.9. The normalized spacial score (nSPS) is 8.62. The summed E-state index contributed by atoms with van der Waals surface area (Å²) in [6.45, 7) is 7.26. The Morgan fingerprint density at radius 1 is 1.08 bits per heavy atom. The number of rotatable bonds is 6. The fraction of sp³-hybridized carbons (Fsp3) is 0.333. The Bertz CT molecular complexity index is 212. The number of carbonyl (C=O) groups excluding carboxylic acids is 2. The number of nitrogens with one attached hydrogen (secondary N) is 2. The highest BCUT2D eigenvalue weighted by atomic mass is 16.2. The first-order chi connectivity index (χ1) is 6.20. The summed E-state index contributed by atoms with van der Waals surface area (Å²) in [6.07, 6.45) is 3.29. The second kappa shape index (κ2) is 7.09. The van der Waals surface area contributed by atoms with Gasteiger partial charge in [-0.05, 0) is 0 Å². The lowest BCUT2D eigenvalue weighted by atomic mass is 10.4. The lowest BCUT2D eigenvalue weighted by Crippen LogP contribution is -2.36. The van der Waals surface area contributed by atoms with Gasteiger partial charge < -0.3 is 10.6 Å². The van der Waals surface area contributed by atoms with E-state index in [1.165, 1.54) is 6.08 Å². The van der Waals surface area contributed by atoms with Crippen molar-refractivity contribution in [3.8, 4) is 0 Å². The van der Waals surface area contributed by atoms with E-state index in [1.54, 1.807) is 6.08 Å². The molecule has 0 aromatic carbocycles. The fourth-order valence-corrected chi connectivity index (χ4v) is 0.631. The molecular formula is C9H14N2O2. The molecule has 0 fully saturated rings. The first-order valence-electron chi connectivity index (χ1n) is 3.96. The molecule has 0 unspecified atom stereocenters. The van der Waals surface area contributed by atoms with E-state index in [0.717, 1.165) is 0 Å². The van der Waals surface area contributed by atoms with Crippen LogP contribution in [0, 0.1) is 0 Å². The molecule has 0 radical (unpaired) electrons. The summed E-state index contributed by atoms with van der Waals surface area (Å²) in [5.74, 6) is -0.430. The van der Waals surface area contributed by atoms with Crippen LogP contribution in [-0.2, 0) is 9.59 Å². The van der Waals surface area contributed by atoms with E-state index in [0.29, 0.717) is 6.54 Å². The van der Waals surface area contributed by atoms with Gasteiger partial charge in [0, 0.05) is 13.0 Å². The van der Waals surface area contributed by atoms with Crippen LogP contribution in [0.3, 0.4) is 0 Å². The molecule has 0 aliphatic rings. The first-order valence-corrected chi connectivity index (χ1v) is 3.96. The summed E-state index contributed by atoms with van der Waals surface area (Å²) >= 11 is 0. The summed E-state index contributed by atoms with van der Waals surface area (Å²) < 4.78 is 0. The maximum Gasteiger partial charge on any atom is 0.239 e. The number of hydrogen-bond acceptors (Lipinski definition) is 2. The van der Waals surface area contributed by atoms with Gasteiger partial charge in [-0.15, -0.1) is 13.2 Å². The molecule has 0 saturated heterocycles. The zero-order valence-corrected chi connectivity index (χ0v) is 7.51. The van der Waals surface area contributed by atoms with Crippen LogP contribution in [-0.4, -0.2) is 24.9 Å². The van der Waals surface area contributed by atoms with Crippen molar-refractivity contribution in [2.24, 2.45) is 0 Å². The second-order valence-electron chi connectivity index (χ2n) is 2.36. The SMILES string of the molecule is C=CCNC(=O)CNC(=O)CC=C. The molecule has 72 valence electrons. The van der Waals surface area contributed by atoms with E-state index in [4.69, 9.17) is 0 Å². The Morgan fingerprint density at radius 2 is 1.77 bits per heavy atom. The molecule has 4 nitrogen and oxygen atoms in total. The molecule has 0 atom stereocenters. The van der Waals surface area contributed by atoms with Gasteiger partial charge in [0.15, 0.2) is 0 Å². The Balaban J connectivity index is 3.51. The highest BCUT2D eigenvalue weighted by molar-refractivity contribution is 5.85. The van der Waals surface area contributed by atoms with Gasteiger partial charge in [-0.2, -0.15) is 0 Å². The summed E-state index contributed by atoms with van der Waals surface area (Å²) in [6, 6.07) is 0. The molecule has 0 saturated carbocycles. The molecule has 0 aliphatic heterocycles. The van der Waals surface area contributed by atoms with Gasteiger partial charge >= 0.3 is 0 Å². The van der Waals surface area contributed by atoms with E-state index in [2.05, 4.69) is 23.8 Å². The van der Waals surface area contributed by atoms with Crippen molar-refractivity contribution in [1.82, 2.24) is 10.6 Å². The van der Waals surface area contributed by atoms with Crippen LogP contribution in [0.1, 0.15) is 6.42 Å². The highest BCUT2D eigenvalue weighted by Crippen LogP contribution is 1.78. The third-order valence-corrected chi connectivity index (χ3v) is 1.22. The molecule has 2 amide bonds. The van der Waals surface area contributed by atoms with Crippen LogP contribution in [0.25, 0.3) is 0 Å². The largest absolute Gasteiger partial charge is 0.351 e. The second-order valence-corrected chi connectivity index (χ2v) is 2.36. The zero-order chi connectivity index (χ0) is 10.1. The summed E-state index contributed by atoms with van der Waals surface area (Å²) in [7, 11) is 0. The molecule has 2 N–H and O–H groups in total. The Hall–Kier alpha value is -1.58. The van der Waals surface area contributed by atoms with Crippen molar-refractivity contribution >= 4 is 11.8 Å². The summed E-state index contributed by atoms with van der Waals surface area (Å²) in [5, 5.41) is 4.97. The average molecular weight is 182 g/mol. The number of carbonyl (C=O) groups is 2. The number of amides is 2. The molecule has 0 heterocycles. The molecular weight excluding hydrogens is 168 g/mol. The molecule has 4 heteroatoms. The van der Waals surface area contributed by atoms with E-state index >= 15 is 0 Å². The quantitative estimate of drug-likeness (QED) is 0.567. The van der Waals surface area contributed by atoms with Crippen LogP contribution in [0.4, 0.5) is 0 Å².